The minimum Gasteiger partial charge on any atom is -0.506 e. The summed E-state index contributed by atoms with van der Waals surface area (Å²) >= 11 is 0. The maximum absolute atomic E-state index is 12.3. The van der Waals surface area contributed by atoms with Gasteiger partial charge in [-0.05, 0) is 18.8 Å². The van der Waals surface area contributed by atoms with Crippen LogP contribution in [-0.2, 0) is 9.53 Å². The molecule has 0 amide bonds. The summed E-state index contributed by atoms with van der Waals surface area (Å²) in [5.74, 6) is -0.277. The van der Waals surface area contributed by atoms with Gasteiger partial charge in [-0.2, -0.15) is 0 Å². The number of aliphatic hydroxyl groups excluding tert-OH is 2. The van der Waals surface area contributed by atoms with Gasteiger partial charge in [-0.15, -0.1) is 6.58 Å². The first-order valence-electron chi connectivity index (χ1n) is 6.21. The van der Waals surface area contributed by atoms with Crippen LogP contribution in [0.25, 0.3) is 0 Å². The van der Waals surface area contributed by atoms with Gasteiger partial charge in [0, 0.05) is 0 Å². The Morgan fingerprint density at radius 1 is 1.67 bits per heavy atom. The Morgan fingerprint density at radius 3 is 3.00 bits per heavy atom. The lowest BCUT2D eigenvalue weighted by Gasteiger charge is -2.32. The van der Waals surface area contributed by atoms with E-state index in [1.807, 2.05) is 6.92 Å². The first kappa shape index (κ1) is 12.9. The molecule has 4 nitrogen and oxygen atoms in total. The molecule has 3 unspecified atom stereocenters. The van der Waals surface area contributed by atoms with Crippen LogP contribution in [0.5, 0.6) is 0 Å². The Morgan fingerprint density at radius 2 is 2.39 bits per heavy atom. The maximum Gasteiger partial charge on any atom is 0.173 e. The summed E-state index contributed by atoms with van der Waals surface area (Å²) in [4.78, 5) is 12.3. The van der Waals surface area contributed by atoms with E-state index in [0.717, 1.165) is 6.42 Å². The summed E-state index contributed by atoms with van der Waals surface area (Å²) in [7, 11) is 0. The van der Waals surface area contributed by atoms with E-state index in [-0.39, 0.29) is 42.2 Å². The van der Waals surface area contributed by atoms with Crippen molar-refractivity contribution in [2.24, 2.45) is 11.8 Å². The van der Waals surface area contributed by atoms with Gasteiger partial charge >= 0.3 is 0 Å². The quantitative estimate of drug-likeness (QED) is 0.750. The minimum absolute atomic E-state index is 0.0264. The Balaban J connectivity index is 2.29. The fourth-order valence-electron chi connectivity index (χ4n) is 2.47. The second-order valence-corrected chi connectivity index (χ2v) is 4.67. The monoisotopic (exact) mass is 250 g/mol. The number of Topliss-reactive ketones (excluding diaryl/α,β-unsaturated/α-hetero) is 1. The summed E-state index contributed by atoms with van der Waals surface area (Å²) in [5.41, 5.74) is 0.398. The number of ketones is 1. The van der Waals surface area contributed by atoms with Gasteiger partial charge in [0.1, 0.15) is 6.10 Å². The van der Waals surface area contributed by atoms with Crippen molar-refractivity contribution < 1.29 is 19.7 Å². The minimum atomic E-state index is -0.963. The van der Waals surface area contributed by atoms with Crippen molar-refractivity contribution in [2.75, 3.05) is 6.61 Å². The molecular weight excluding hydrogens is 232 g/mol. The van der Waals surface area contributed by atoms with Crippen LogP contribution in [0, 0.1) is 11.8 Å². The molecule has 1 aliphatic heterocycles. The molecule has 0 aromatic rings. The van der Waals surface area contributed by atoms with E-state index in [1.165, 1.54) is 0 Å². The second kappa shape index (κ2) is 4.98. The van der Waals surface area contributed by atoms with Crippen LogP contribution in [0.1, 0.15) is 19.8 Å². The smallest absolute Gasteiger partial charge is 0.173 e. The molecule has 1 saturated heterocycles. The van der Waals surface area contributed by atoms with Crippen LogP contribution in [-0.4, -0.2) is 28.7 Å². The van der Waals surface area contributed by atoms with Gasteiger partial charge in [-0.25, -0.2) is 0 Å². The summed E-state index contributed by atoms with van der Waals surface area (Å²) in [6.45, 7) is 5.97. The van der Waals surface area contributed by atoms with Crippen LogP contribution in [0.15, 0.2) is 35.8 Å². The number of ether oxygens (including phenoxy) is 1. The number of aliphatic hydroxyl groups is 2. The molecule has 0 spiro atoms. The summed E-state index contributed by atoms with van der Waals surface area (Å²) in [6, 6.07) is 0. The fraction of sp³-hybridized carbons (Fsp3) is 0.500. The molecule has 1 aliphatic carbocycles. The van der Waals surface area contributed by atoms with Crippen molar-refractivity contribution in [3.63, 3.8) is 0 Å². The van der Waals surface area contributed by atoms with Gasteiger partial charge in [0.2, 0.25) is 0 Å². The zero-order valence-electron chi connectivity index (χ0n) is 10.4. The van der Waals surface area contributed by atoms with Gasteiger partial charge in [-0.3, -0.25) is 4.79 Å². The zero-order chi connectivity index (χ0) is 13.3. The molecule has 1 fully saturated rings. The number of hydrogen-bond acceptors (Lipinski definition) is 4. The third kappa shape index (κ3) is 1.97. The number of fused-ring (bicyclic) bond motifs is 1. The summed E-state index contributed by atoms with van der Waals surface area (Å²) in [6.07, 6.45) is 3.53. The Bertz CT molecular complexity index is 433. The van der Waals surface area contributed by atoms with Crippen LogP contribution in [0.2, 0.25) is 0 Å². The highest BCUT2D eigenvalue weighted by Crippen LogP contribution is 2.35. The molecule has 2 aliphatic rings. The van der Waals surface area contributed by atoms with Crippen molar-refractivity contribution in [3.8, 4) is 0 Å². The standard InChI is InChI=1S/C14H18O4/c1-3-8(4-2)10-7-18-14-9(12(10)16)5-6-11(15)13(14)17/h3,5,8,10-11,15,17H,1,4,6-7H2,2H3. The zero-order valence-corrected chi connectivity index (χ0v) is 10.4. The molecule has 0 saturated carbocycles. The maximum atomic E-state index is 12.3. The van der Waals surface area contributed by atoms with E-state index in [2.05, 4.69) is 6.58 Å². The van der Waals surface area contributed by atoms with Gasteiger partial charge < -0.3 is 14.9 Å². The van der Waals surface area contributed by atoms with Gasteiger partial charge in [0.15, 0.2) is 17.3 Å². The Kier molecular flexibility index (Phi) is 3.57. The first-order chi connectivity index (χ1) is 8.60. The molecule has 0 bridgehead atoms. The molecular formula is C14H18O4. The first-order valence-corrected chi connectivity index (χ1v) is 6.21. The van der Waals surface area contributed by atoms with Gasteiger partial charge in [-0.1, -0.05) is 19.1 Å². The third-order valence-corrected chi connectivity index (χ3v) is 3.64. The Hall–Kier alpha value is -1.55. The van der Waals surface area contributed by atoms with Crippen molar-refractivity contribution in [2.45, 2.75) is 25.9 Å². The predicted molar refractivity (Wildman–Crippen MR) is 66.8 cm³/mol. The number of carbonyl (C=O) groups excluding carboxylic acids is 1. The van der Waals surface area contributed by atoms with Crippen molar-refractivity contribution in [1.29, 1.82) is 0 Å². The van der Waals surface area contributed by atoms with Crippen LogP contribution >= 0.6 is 0 Å². The lowest BCUT2D eigenvalue weighted by atomic mass is 9.80. The molecule has 4 heteroatoms. The van der Waals surface area contributed by atoms with E-state index < -0.39 is 6.10 Å². The number of hydrogen-bond donors (Lipinski definition) is 2. The SMILES string of the molecule is C=CC(CC)C1COC2=C(O)C(O)CC=C2C1=O. The summed E-state index contributed by atoms with van der Waals surface area (Å²) in [5, 5.41) is 19.2. The van der Waals surface area contributed by atoms with Gasteiger partial charge in [0.05, 0.1) is 18.1 Å². The molecule has 1 heterocycles. The normalized spacial score (nSPS) is 29.2. The van der Waals surface area contributed by atoms with Gasteiger partial charge in [0.25, 0.3) is 0 Å². The topological polar surface area (TPSA) is 66.8 Å². The predicted octanol–water partition coefficient (Wildman–Crippen LogP) is 1.87. The fourth-order valence-corrected chi connectivity index (χ4v) is 2.47. The van der Waals surface area contributed by atoms with E-state index >= 15 is 0 Å². The molecule has 0 aromatic heterocycles. The Labute approximate surface area is 106 Å². The summed E-state index contributed by atoms with van der Waals surface area (Å²) < 4.78 is 5.46. The molecule has 2 N–H and O–H groups in total. The van der Waals surface area contributed by atoms with Crippen LogP contribution < -0.4 is 0 Å². The largest absolute Gasteiger partial charge is 0.506 e. The van der Waals surface area contributed by atoms with E-state index in [1.54, 1.807) is 12.2 Å². The van der Waals surface area contributed by atoms with Crippen LogP contribution in [0.3, 0.4) is 0 Å². The average molecular weight is 250 g/mol. The number of rotatable bonds is 3. The molecule has 0 radical (unpaired) electrons. The lowest BCUT2D eigenvalue weighted by Crippen LogP contribution is -2.36. The highest BCUT2D eigenvalue weighted by molar-refractivity contribution is 6.02. The highest BCUT2D eigenvalue weighted by Gasteiger charge is 2.38. The highest BCUT2D eigenvalue weighted by atomic mass is 16.5. The van der Waals surface area contributed by atoms with E-state index in [9.17, 15) is 15.0 Å². The second-order valence-electron chi connectivity index (χ2n) is 4.67. The average Bonchev–Trinajstić information content (AvgIpc) is 2.38. The molecule has 18 heavy (non-hydrogen) atoms. The molecule has 0 aromatic carbocycles. The van der Waals surface area contributed by atoms with Crippen molar-refractivity contribution in [3.05, 3.63) is 35.8 Å². The van der Waals surface area contributed by atoms with E-state index in [0.29, 0.717) is 5.57 Å². The lowest BCUT2D eigenvalue weighted by molar-refractivity contribution is -0.124. The van der Waals surface area contributed by atoms with E-state index in [4.69, 9.17) is 4.74 Å². The van der Waals surface area contributed by atoms with Crippen LogP contribution in [0.4, 0.5) is 0 Å². The number of carbonyl (C=O) groups is 1. The number of allylic oxidation sites excluding steroid dienone is 2. The third-order valence-electron chi connectivity index (χ3n) is 3.64. The molecule has 2 rings (SSSR count). The van der Waals surface area contributed by atoms with Crippen molar-refractivity contribution >= 4 is 5.78 Å². The molecule has 98 valence electrons. The molecule has 3 atom stereocenters. The van der Waals surface area contributed by atoms with Crippen molar-refractivity contribution in [1.82, 2.24) is 0 Å².